The smallest absolute Gasteiger partial charge is 0.228 e. The molecule has 0 radical (unpaired) electrons. The molecule has 0 amide bonds. The summed E-state index contributed by atoms with van der Waals surface area (Å²) in [6, 6.07) is 10.7. The molecular formula is C20H31N5O. The van der Waals surface area contributed by atoms with Crippen LogP contribution in [0.25, 0.3) is 0 Å². The van der Waals surface area contributed by atoms with Crippen LogP contribution in [-0.2, 0) is 11.8 Å². The van der Waals surface area contributed by atoms with Gasteiger partial charge in [0, 0.05) is 24.9 Å². The third kappa shape index (κ3) is 5.31. The summed E-state index contributed by atoms with van der Waals surface area (Å²) in [5.74, 6) is 2.14. The van der Waals surface area contributed by atoms with E-state index in [4.69, 9.17) is 9.52 Å². The normalized spacial score (nSPS) is 12.2. The number of hydrogen-bond acceptors (Lipinski definition) is 4. The topological polar surface area (TPSA) is 75.3 Å². The molecule has 2 rings (SSSR count). The van der Waals surface area contributed by atoms with E-state index in [2.05, 4.69) is 71.9 Å². The first-order valence-corrected chi connectivity index (χ1v) is 9.50. The van der Waals surface area contributed by atoms with Crippen LogP contribution in [0.2, 0.25) is 0 Å². The van der Waals surface area contributed by atoms with Gasteiger partial charge < -0.3 is 15.2 Å². The number of aryl methyl sites for hydroxylation is 1. The van der Waals surface area contributed by atoms with E-state index in [1.54, 1.807) is 0 Å². The fourth-order valence-corrected chi connectivity index (χ4v) is 3.07. The first-order valence-electron chi connectivity index (χ1n) is 9.50. The van der Waals surface area contributed by atoms with Crippen LogP contribution in [0.3, 0.4) is 0 Å². The summed E-state index contributed by atoms with van der Waals surface area (Å²) in [6.45, 7) is 10.6. The highest BCUT2D eigenvalue weighted by atomic mass is 16.5. The standard InChI is InChI=1S/C20H31N5O/c1-5-20(6-2,17-11-9-8-10-12-17)15-23-19(21-7-3)22-14-13-18-24-16(4)25-26-18/h8-12H,5-7,13-15H2,1-4H3,(H2,21,22,23). The fraction of sp³-hybridized carbons (Fsp3) is 0.550. The molecule has 1 aromatic carbocycles. The number of hydrogen-bond donors (Lipinski definition) is 2. The molecule has 2 aromatic rings. The number of nitrogens with one attached hydrogen (secondary N) is 2. The molecule has 0 unspecified atom stereocenters. The molecule has 26 heavy (non-hydrogen) atoms. The van der Waals surface area contributed by atoms with E-state index in [9.17, 15) is 0 Å². The summed E-state index contributed by atoms with van der Waals surface area (Å²) in [5, 5.41) is 10.5. The Labute approximate surface area is 156 Å². The fourth-order valence-electron chi connectivity index (χ4n) is 3.07. The van der Waals surface area contributed by atoms with Gasteiger partial charge in [-0.1, -0.05) is 49.3 Å². The number of nitrogens with zero attached hydrogens (tertiary/aromatic N) is 3. The van der Waals surface area contributed by atoms with Crippen molar-refractivity contribution in [1.82, 2.24) is 20.8 Å². The van der Waals surface area contributed by atoms with Gasteiger partial charge in [-0.2, -0.15) is 4.98 Å². The minimum atomic E-state index is 0.0627. The Bertz CT molecular complexity index is 677. The highest BCUT2D eigenvalue weighted by molar-refractivity contribution is 5.79. The monoisotopic (exact) mass is 357 g/mol. The Hall–Kier alpha value is -2.37. The van der Waals surface area contributed by atoms with Crippen LogP contribution >= 0.6 is 0 Å². The van der Waals surface area contributed by atoms with Gasteiger partial charge in [0.25, 0.3) is 0 Å². The van der Waals surface area contributed by atoms with E-state index >= 15 is 0 Å². The number of guanidine groups is 1. The molecular weight excluding hydrogens is 326 g/mol. The van der Waals surface area contributed by atoms with Gasteiger partial charge in [0.2, 0.25) is 5.89 Å². The zero-order chi connectivity index (χ0) is 18.8. The second kappa shape index (κ2) is 9.94. The van der Waals surface area contributed by atoms with E-state index in [0.29, 0.717) is 24.7 Å². The molecule has 2 N–H and O–H groups in total. The van der Waals surface area contributed by atoms with Gasteiger partial charge in [0.1, 0.15) is 0 Å². The van der Waals surface area contributed by atoms with Crippen LogP contribution < -0.4 is 10.6 Å². The lowest BCUT2D eigenvalue weighted by Gasteiger charge is -2.31. The number of benzene rings is 1. The summed E-state index contributed by atoms with van der Waals surface area (Å²) in [5.41, 5.74) is 1.42. The molecule has 0 saturated heterocycles. The third-order valence-corrected chi connectivity index (χ3v) is 4.82. The lowest BCUT2D eigenvalue weighted by Crippen LogP contribution is -2.40. The molecule has 0 saturated carbocycles. The van der Waals surface area contributed by atoms with Gasteiger partial charge in [-0.05, 0) is 32.3 Å². The quantitative estimate of drug-likeness (QED) is 0.532. The lowest BCUT2D eigenvalue weighted by molar-refractivity contribution is 0.374. The zero-order valence-corrected chi connectivity index (χ0v) is 16.4. The van der Waals surface area contributed by atoms with Gasteiger partial charge in [0.05, 0.1) is 6.54 Å². The molecule has 142 valence electrons. The minimum Gasteiger partial charge on any atom is -0.357 e. The molecule has 0 atom stereocenters. The number of aliphatic imine (C=N–C) groups is 1. The van der Waals surface area contributed by atoms with Crippen LogP contribution in [0.15, 0.2) is 39.8 Å². The maximum absolute atomic E-state index is 5.15. The third-order valence-electron chi connectivity index (χ3n) is 4.82. The molecule has 6 nitrogen and oxygen atoms in total. The molecule has 0 spiro atoms. The molecule has 1 aromatic heterocycles. The van der Waals surface area contributed by atoms with Crippen molar-refractivity contribution in [2.45, 2.75) is 52.4 Å². The van der Waals surface area contributed by atoms with Crippen molar-refractivity contribution in [2.24, 2.45) is 4.99 Å². The Morgan fingerprint density at radius 2 is 1.85 bits per heavy atom. The Balaban J connectivity index is 2.03. The van der Waals surface area contributed by atoms with E-state index < -0.39 is 0 Å². The molecule has 0 aliphatic carbocycles. The number of aromatic nitrogens is 2. The van der Waals surface area contributed by atoms with Crippen molar-refractivity contribution < 1.29 is 4.52 Å². The van der Waals surface area contributed by atoms with Crippen LogP contribution in [0.5, 0.6) is 0 Å². The van der Waals surface area contributed by atoms with Crippen molar-refractivity contribution >= 4 is 5.96 Å². The summed E-state index contributed by atoms with van der Waals surface area (Å²) in [7, 11) is 0. The highest BCUT2D eigenvalue weighted by Gasteiger charge is 2.28. The molecule has 1 heterocycles. The second-order valence-corrected chi connectivity index (χ2v) is 6.46. The SMILES string of the molecule is CCNC(=NCC(CC)(CC)c1ccccc1)NCCc1nc(C)no1. The van der Waals surface area contributed by atoms with Crippen LogP contribution in [0.4, 0.5) is 0 Å². The Kier molecular flexibility index (Phi) is 7.63. The van der Waals surface area contributed by atoms with Crippen LogP contribution in [0.1, 0.15) is 50.9 Å². The number of rotatable bonds is 9. The summed E-state index contributed by atoms with van der Waals surface area (Å²) in [4.78, 5) is 9.10. The van der Waals surface area contributed by atoms with Gasteiger partial charge in [-0.15, -0.1) is 0 Å². The summed E-state index contributed by atoms with van der Waals surface area (Å²) >= 11 is 0. The van der Waals surface area contributed by atoms with E-state index in [1.807, 2.05) is 6.92 Å². The summed E-state index contributed by atoms with van der Waals surface area (Å²) in [6.07, 6.45) is 2.78. The highest BCUT2D eigenvalue weighted by Crippen LogP contribution is 2.31. The Morgan fingerprint density at radius 3 is 2.42 bits per heavy atom. The van der Waals surface area contributed by atoms with Crippen molar-refractivity contribution in [3.8, 4) is 0 Å². The predicted molar refractivity (Wildman–Crippen MR) is 105 cm³/mol. The van der Waals surface area contributed by atoms with Crippen LogP contribution in [-0.4, -0.2) is 35.7 Å². The maximum Gasteiger partial charge on any atom is 0.228 e. The predicted octanol–water partition coefficient (Wildman–Crippen LogP) is 3.23. The first kappa shape index (κ1) is 19.9. The second-order valence-electron chi connectivity index (χ2n) is 6.46. The average molecular weight is 358 g/mol. The molecule has 6 heteroatoms. The molecule has 0 aliphatic rings. The molecule has 0 aliphatic heterocycles. The van der Waals surface area contributed by atoms with Crippen molar-refractivity contribution in [3.63, 3.8) is 0 Å². The maximum atomic E-state index is 5.15. The van der Waals surface area contributed by atoms with Crippen molar-refractivity contribution in [1.29, 1.82) is 0 Å². The van der Waals surface area contributed by atoms with Gasteiger partial charge >= 0.3 is 0 Å². The zero-order valence-electron chi connectivity index (χ0n) is 16.4. The average Bonchev–Trinajstić information content (AvgIpc) is 3.09. The first-order chi connectivity index (χ1) is 12.6. The van der Waals surface area contributed by atoms with Gasteiger partial charge in [-0.25, -0.2) is 0 Å². The van der Waals surface area contributed by atoms with E-state index in [0.717, 1.165) is 31.9 Å². The van der Waals surface area contributed by atoms with Crippen molar-refractivity contribution in [3.05, 3.63) is 47.6 Å². The lowest BCUT2D eigenvalue weighted by atomic mass is 9.76. The van der Waals surface area contributed by atoms with Crippen molar-refractivity contribution in [2.75, 3.05) is 19.6 Å². The van der Waals surface area contributed by atoms with Gasteiger partial charge in [-0.3, -0.25) is 4.99 Å². The largest absolute Gasteiger partial charge is 0.357 e. The minimum absolute atomic E-state index is 0.0627. The van der Waals surface area contributed by atoms with Gasteiger partial charge in [0.15, 0.2) is 11.8 Å². The van der Waals surface area contributed by atoms with E-state index in [-0.39, 0.29) is 5.41 Å². The van der Waals surface area contributed by atoms with E-state index in [1.165, 1.54) is 5.56 Å². The molecule has 0 bridgehead atoms. The molecule has 0 fully saturated rings. The van der Waals surface area contributed by atoms with Crippen LogP contribution in [0, 0.1) is 6.92 Å². The Morgan fingerprint density at radius 1 is 1.12 bits per heavy atom. The summed E-state index contributed by atoms with van der Waals surface area (Å²) < 4.78 is 5.15.